The smallest absolute Gasteiger partial charge is 0.119 e. The molecule has 21 heavy (non-hydrogen) atoms. The molecular weight excluding hydrogens is 262 g/mol. The molecule has 0 saturated carbocycles. The largest absolute Gasteiger partial charge is 0.497 e. The van der Waals surface area contributed by atoms with Crippen molar-refractivity contribution in [1.82, 2.24) is 4.90 Å². The van der Waals surface area contributed by atoms with Crippen LogP contribution >= 0.6 is 0 Å². The molecule has 118 valence electrons. The summed E-state index contributed by atoms with van der Waals surface area (Å²) in [6, 6.07) is 5.99. The minimum absolute atomic E-state index is 0.143. The lowest BCUT2D eigenvalue weighted by molar-refractivity contribution is -0.0298. The number of aryl methyl sites for hydroxylation is 1. The predicted octanol–water partition coefficient (Wildman–Crippen LogP) is 3.69. The summed E-state index contributed by atoms with van der Waals surface area (Å²) in [5, 5.41) is 11.2. The molecule has 3 heteroatoms. The molecular formula is C18H29NO2. The molecule has 1 fully saturated rings. The van der Waals surface area contributed by atoms with Gasteiger partial charge in [-0.3, -0.25) is 4.90 Å². The molecule has 2 rings (SSSR count). The normalized spacial score (nSPS) is 18.0. The first-order chi connectivity index (χ1) is 10.1. The van der Waals surface area contributed by atoms with Crippen molar-refractivity contribution in [2.24, 2.45) is 0 Å². The van der Waals surface area contributed by atoms with Gasteiger partial charge >= 0.3 is 0 Å². The van der Waals surface area contributed by atoms with Crippen molar-refractivity contribution in [1.29, 1.82) is 0 Å². The number of aliphatic hydroxyl groups excluding tert-OH is 1. The molecule has 1 saturated heterocycles. The van der Waals surface area contributed by atoms with Crippen molar-refractivity contribution in [3.8, 4) is 5.75 Å². The molecule has 0 spiro atoms. The first-order valence-electron chi connectivity index (χ1n) is 8.16. The average Bonchev–Trinajstić information content (AvgIpc) is 3.03. The van der Waals surface area contributed by atoms with Crippen molar-refractivity contribution >= 4 is 0 Å². The molecule has 1 heterocycles. The SMILES string of the molecule is CCC(CC)(C(O)c1ccc(OC)cc1C)N1CCCC1. The Labute approximate surface area is 128 Å². The van der Waals surface area contributed by atoms with Gasteiger partial charge in [0.05, 0.1) is 18.8 Å². The Balaban J connectivity index is 2.35. The summed E-state index contributed by atoms with van der Waals surface area (Å²) in [5.41, 5.74) is 1.99. The molecule has 1 N–H and O–H groups in total. The fourth-order valence-electron chi connectivity index (χ4n) is 3.79. The molecule has 0 aromatic heterocycles. The zero-order valence-electron chi connectivity index (χ0n) is 13.9. The summed E-state index contributed by atoms with van der Waals surface area (Å²) in [5.74, 6) is 0.850. The molecule has 1 aromatic rings. The highest BCUT2D eigenvalue weighted by molar-refractivity contribution is 5.37. The van der Waals surface area contributed by atoms with Crippen LogP contribution in [0, 0.1) is 6.92 Å². The second-order valence-electron chi connectivity index (χ2n) is 6.13. The molecule has 0 amide bonds. The lowest BCUT2D eigenvalue weighted by Crippen LogP contribution is -2.51. The van der Waals surface area contributed by atoms with Crippen LogP contribution in [-0.2, 0) is 0 Å². The van der Waals surface area contributed by atoms with Gasteiger partial charge in [0.2, 0.25) is 0 Å². The molecule has 0 aliphatic carbocycles. The van der Waals surface area contributed by atoms with Crippen LogP contribution in [0.5, 0.6) is 5.75 Å². The zero-order chi connectivity index (χ0) is 15.5. The van der Waals surface area contributed by atoms with E-state index in [0.717, 1.165) is 42.8 Å². The van der Waals surface area contributed by atoms with Gasteiger partial charge in [0.15, 0.2) is 0 Å². The van der Waals surface area contributed by atoms with E-state index in [4.69, 9.17) is 4.74 Å². The van der Waals surface area contributed by atoms with Crippen molar-refractivity contribution in [2.75, 3.05) is 20.2 Å². The molecule has 1 aromatic carbocycles. The number of hydrogen-bond donors (Lipinski definition) is 1. The number of methoxy groups -OCH3 is 1. The van der Waals surface area contributed by atoms with E-state index >= 15 is 0 Å². The number of ether oxygens (including phenoxy) is 1. The molecule has 0 bridgehead atoms. The topological polar surface area (TPSA) is 32.7 Å². The summed E-state index contributed by atoms with van der Waals surface area (Å²) in [7, 11) is 1.68. The van der Waals surface area contributed by atoms with Crippen molar-refractivity contribution in [3.05, 3.63) is 29.3 Å². The van der Waals surface area contributed by atoms with E-state index in [1.54, 1.807) is 7.11 Å². The average molecular weight is 291 g/mol. The second kappa shape index (κ2) is 6.80. The van der Waals surface area contributed by atoms with Gasteiger partial charge in [0.1, 0.15) is 5.75 Å². The van der Waals surface area contributed by atoms with E-state index in [0.29, 0.717) is 0 Å². The first-order valence-corrected chi connectivity index (χ1v) is 8.16. The Bertz CT molecular complexity index is 462. The van der Waals surface area contributed by atoms with Crippen LogP contribution in [0.1, 0.15) is 56.8 Å². The van der Waals surface area contributed by atoms with Crippen molar-refractivity contribution < 1.29 is 9.84 Å². The van der Waals surface area contributed by atoms with Gasteiger partial charge in [0, 0.05) is 0 Å². The van der Waals surface area contributed by atoms with Crippen LogP contribution in [-0.4, -0.2) is 35.7 Å². The quantitative estimate of drug-likeness (QED) is 0.867. The van der Waals surface area contributed by atoms with Gasteiger partial charge in [0.25, 0.3) is 0 Å². The van der Waals surface area contributed by atoms with Gasteiger partial charge in [-0.15, -0.1) is 0 Å². The minimum atomic E-state index is -0.448. The second-order valence-corrected chi connectivity index (χ2v) is 6.13. The van der Waals surface area contributed by atoms with E-state index in [-0.39, 0.29) is 5.54 Å². The standard InChI is InChI=1S/C18H29NO2/c1-5-18(6-2,19-11-7-8-12-19)17(20)16-10-9-15(21-4)13-14(16)3/h9-10,13,17,20H,5-8,11-12H2,1-4H3. The number of rotatable bonds is 6. The van der Waals surface area contributed by atoms with Gasteiger partial charge in [-0.25, -0.2) is 0 Å². The third-order valence-corrected chi connectivity index (χ3v) is 5.24. The molecule has 0 radical (unpaired) electrons. The maximum absolute atomic E-state index is 11.2. The first kappa shape index (κ1) is 16.3. The Morgan fingerprint density at radius 3 is 2.33 bits per heavy atom. The van der Waals surface area contributed by atoms with Crippen LogP contribution in [0.4, 0.5) is 0 Å². The fraction of sp³-hybridized carbons (Fsp3) is 0.667. The Morgan fingerprint density at radius 1 is 1.24 bits per heavy atom. The molecule has 3 nitrogen and oxygen atoms in total. The fourth-order valence-corrected chi connectivity index (χ4v) is 3.79. The number of hydrogen-bond acceptors (Lipinski definition) is 3. The number of benzene rings is 1. The Morgan fingerprint density at radius 2 is 1.86 bits per heavy atom. The minimum Gasteiger partial charge on any atom is -0.497 e. The number of aliphatic hydroxyl groups is 1. The van der Waals surface area contributed by atoms with E-state index in [1.165, 1.54) is 12.8 Å². The molecule has 1 aliphatic rings. The third kappa shape index (κ3) is 2.95. The Kier molecular flexibility index (Phi) is 5.28. The van der Waals surface area contributed by atoms with E-state index < -0.39 is 6.10 Å². The zero-order valence-corrected chi connectivity index (χ0v) is 13.9. The summed E-state index contributed by atoms with van der Waals surface area (Å²) in [4.78, 5) is 2.50. The molecule has 1 aliphatic heterocycles. The number of likely N-dealkylation sites (tertiary alicyclic amines) is 1. The van der Waals surface area contributed by atoms with Gasteiger partial charge in [-0.1, -0.05) is 19.9 Å². The van der Waals surface area contributed by atoms with Gasteiger partial charge < -0.3 is 9.84 Å². The highest BCUT2D eigenvalue weighted by Crippen LogP contribution is 2.40. The van der Waals surface area contributed by atoms with Gasteiger partial charge in [-0.05, 0) is 69.0 Å². The predicted molar refractivity (Wildman–Crippen MR) is 86.8 cm³/mol. The lowest BCUT2D eigenvalue weighted by Gasteiger charge is -2.45. The molecule has 1 unspecified atom stereocenters. The van der Waals surface area contributed by atoms with Crippen LogP contribution in [0.3, 0.4) is 0 Å². The van der Waals surface area contributed by atoms with Crippen LogP contribution in [0.25, 0.3) is 0 Å². The lowest BCUT2D eigenvalue weighted by atomic mass is 9.80. The Hall–Kier alpha value is -1.06. The summed E-state index contributed by atoms with van der Waals surface area (Å²) in [6.45, 7) is 8.66. The highest BCUT2D eigenvalue weighted by atomic mass is 16.5. The summed E-state index contributed by atoms with van der Waals surface area (Å²) < 4.78 is 5.28. The van der Waals surface area contributed by atoms with Crippen LogP contribution in [0.15, 0.2) is 18.2 Å². The van der Waals surface area contributed by atoms with E-state index in [9.17, 15) is 5.11 Å². The van der Waals surface area contributed by atoms with E-state index in [1.807, 2.05) is 18.2 Å². The summed E-state index contributed by atoms with van der Waals surface area (Å²) >= 11 is 0. The monoisotopic (exact) mass is 291 g/mol. The maximum Gasteiger partial charge on any atom is 0.119 e. The van der Waals surface area contributed by atoms with E-state index in [2.05, 4.69) is 25.7 Å². The summed E-state index contributed by atoms with van der Waals surface area (Å²) in [6.07, 6.45) is 3.98. The van der Waals surface area contributed by atoms with Crippen molar-refractivity contribution in [2.45, 2.75) is 58.1 Å². The van der Waals surface area contributed by atoms with Crippen molar-refractivity contribution in [3.63, 3.8) is 0 Å². The third-order valence-electron chi connectivity index (χ3n) is 5.24. The van der Waals surface area contributed by atoms with Gasteiger partial charge in [-0.2, -0.15) is 0 Å². The van der Waals surface area contributed by atoms with Crippen LogP contribution in [0.2, 0.25) is 0 Å². The molecule has 1 atom stereocenters. The van der Waals surface area contributed by atoms with Crippen LogP contribution < -0.4 is 4.74 Å². The number of nitrogens with zero attached hydrogens (tertiary/aromatic N) is 1. The maximum atomic E-state index is 11.2. The highest BCUT2D eigenvalue weighted by Gasteiger charge is 2.42.